The number of nitroso groups, excluding NO2 is 1. The molecule has 0 unspecified atom stereocenters. The molecule has 1 amide bonds. The smallest absolute Gasteiger partial charge is 0.336 e. The zero-order valence-corrected chi connectivity index (χ0v) is 8.98. The van der Waals surface area contributed by atoms with Gasteiger partial charge in [0.1, 0.15) is 0 Å². The summed E-state index contributed by atoms with van der Waals surface area (Å²) in [5, 5.41) is 28.4. The Morgan fingerprint density at radius 3 is 1.37 bits per heavy atom. The van der Waals surface area contributed by atoms with E-state index in [0.717, 1.165) is 0 Å². The molecule has 1 rings (SSSR count). The lowest BCUT2D eigenvalue weighted by Crippen LogP contribution is -2.15. The first kappa shape index (κ1) is 14.0. The highest BCUT2D eigenvalue weighted by molar-refractivity contribution is 6.10. The first-order chi connectivity index (χ1) is 8.79. The Morgan fingerprint density at radius 1 is 0.737 bits per heavy atom. The molecule has 0 atom stereocenters. The van der Waals surface area contributed by atoms with E-state index >= 15 is 0 Å². The van der Waals surface area contributed by atoms with Crippen molar-refractivity contribution in [2.45, 2.75) is 0 Å². The number of rotatable bonds is 4. The third-order valence-corrected chi connectivity index (χ3v) is 2.16. The summed E-state index contributed by atoms with van der Waals surface area (Å²) in [5.41, 5.74) is -3.23. The van der Waals surface area contributed by atoms with Gasteiger partial charge in [-0.3, -0.25) is 4.79 Å². The van der Waals surface area contributed by atoms with Crippen LogP contribution in [0.25, 0.3) is 0 Å². The molecular weight excluding hydrogens is 262 g/mol. The number of nitrogens with zero attached hydrogens (tertiary/aromatic N) is 1. The molecule has 0 saturated heterocycles. The standard InChI is InChI=1S/C10H5NO8/c12-7(11-19)3-1-5(9(15)16)6(10(17)18)2-4(3)8(13)14/h1-2H,(H,13,14)(H,15,16)(H,17,18). The van der Waals surface area contributed by atoms with E-state index in [2.05, 4.69) is 0 Å². The first-order valence-corrected chi connectivity index (χ1v) is 4.55. The number of hydrogen-bond donors (Lipinski definition) is 3. The highest BCUT2D eigenvalue weighted by Crippen LogP contribution is 2.19. The molecule has 0 spiro atoms. The van der Waals surface area contributed by atoms with Crippen LogP contribution in [0.2, 0.25) is 0 Å². The van der Waals surface area contributed by atoms with E-state index in [-0.39, 0.29) is 0 Å². The number of carboxylic acids is 3. The second-order valence-corrected chi connectivity index (χ2v) is 3.26. The summed E-state index contributed by atoms with van der Waals surface area (Å²) in [4.78, 5) is 53.8. The van der Waals surface area contributed by atoms with Crippen molar-refractivity contribution < 1.29 is 34.5 Å². The van der Waals surface area contributed by atoms with Gasteiger partial charge in [0.2, 0.25) is 0 Å². The molecule has 0 heterocycles. The fraction of sp³-hybridized carbons (Fsp3) is 0. The highest BCUT2D eigenvalue weighted by Gasteiger charge is 2.25. The number of benzene rings is 1. The molecule has 0 aromatic heterocycles. The molecule has 0 aliphatic carbocycles. The molecule has 9 nitrogen and oxygen atoms in total. The minimum Gasteiger partial charge on any atom is -0.478 e. The molecule has 0 saturated carbocycles. The van der Waals surface area contributed by atoms with Crippen LogP contribution < -0.4 is 0 Å². The third-order valence-electron chi connectivity index (χ3n) is 2.16. The van der Waals surface area contributed by atoms with Crippen LogP contribution in [0.3, 0.4) is 0 Å². The van der Waals surface area contributed by atoms with E-state index in [1.807, 2.05) is 5.18 Å². The Morgan fingerprint density at radius 2 is 1.05 bits per heavy atom. The highest BCUT2D eigenvalue weighted by atomic mass is 16.4. The second-order valence-electron chi connectivity index (χ2n) is 3.26. The first-order valence-electron chi connectivity index (χ1n) is 4.55. The van der Waals surface area contributed by atoms with E-state index in [9.17, 15) is 24.1 Å². The average molecular weight is 267 g/mol. The van der Waals surface area contributed by atoms with Crippen molar-refractivity contribution in [1.82, 2.24) is 0 Å². The minimum absolute atomic E-state index is 0.493. The third kappa shape index (κ3) is 2.60. The number of aromatic carboxylic acids is 3. The Kier molecular flexibility index (Phi) is 3.70. The van der Waals surface area contributed by atoms with Crippen LogP contribution in [0.15, 0.2) is 17.3 Å². The van der Waals surface area contributed by atoms with Crippen molar-refractivity contribution in [3.8, 4) is 0 Å². The van der Waals surface area contributed by atoms with Crippen LogP contribution in [0.1, 0.15) is 41.4 Å². The van der Waals surface area contributed by atoms with E-state index in [4.69, 9.17) is 15.3 Å². The van der Waals surface area contributed by atoms with Crippen LogP contribution in [0.4, 0.5) is 0 Å². The Labute approximate surface area is 104 Å². The summed E-state index contributed by atoms with van der Waals surface area (Å²) < 4.78 is 0. The number of amides is 1. The summed E-state index contributed by atoms with van der Waals surface area (Å²) in [7, 11) is 0. The zero-order chi connectivity index (χ0) is 14.7. The topological polar surface area (TPSA) is 158 Å². The maximum Gasteiger partial charge on any atom is 0.336 e. The van der Waals surface area contributed by atoms with Gasteiger partial charge >= 0.3 is 23.8 Å². The summed E-state index contributed by atoms with van der Waals surface area (Å²) in [6.07, 6.45) is 0. The summed E-state index contributed by atoms with van der Waals surface area (Å²) in [6, 6.07) is 0.992. The maximum atomic E-state index is 11.1. The molecule has 19 heavy (non-hydrogen) atoms. The lowest BCUT2D eigenvalue weighted by Gasteiger charge is -2.06. The average Bonchev–Trinajstić information content (AvgIpc) is 2.35. The van der Waals surface area contributed by atoms with Gasteiger partial charge in [-0.15, -0.1) is 4.91 Å². The van der Waals surface area contributed by atoms with Crippen LogP contribution >= 0.6 is 0 Å². The molecule has 98 valence electrons. The van der Waals surface area contributed by atoms with Crippen molar-refractivity contribution in [3.05, 3.63) is 39.3 Å². The van der Waals surface area contributed by atoms with Crippen molar-refractivity contribution in [1.29, 1.82) is 0 Å². The van der Waals surface area contributed by atoms with Gasteiger partial charge in [0, 0.05) is 5.18 Å². The maximum absolute atomic E-state index is 11.1. The molecule has 0 fully saturated rings. The zero-order valence-electron chi connectivity index (χ0n) is 8.98. The van der Waals surface area contributed by atoms with Gasteiger partial charge in [-0.1, -0.05) is 0 Å². The van der Waals surface area contributed by atoms with Gasteiger partial charge < -0.3 is 15.3 Å². The van der Waals surface area contributed by atoms with Crippen LogP contribution in [-0.2, 0) is 0 Å². The minimum atomic E-state index is -1.69. The fourth-order valence-electron chi connectivity index (χ4n) is 1.36. The van der Waals surface area contributed by atoms with Gasteiger partial charge in [0.15, 0.2) is 0 Å². The second kappa shape index (κ2) is 5.04. The van der Waals surface area contributed by atoms with E-state index in [1.165, 1.54) is 0 Å². The lowest BCUT2D eigenvalue weighted by atomic mass is 9.97. The van der Waals surface area contributed by atoms with Gasteiger partial charge in [-0.2, -0.15) is 0 Å². The lowest BCUT2D eigenvalue weighted by molar-refractivity contribution is 0.0648. The molecule has 0 aliphatic rings. The predicted octanol–water partition coefficient (Wildman–Crippen LogP) is 0.688. The molecule has 1 aromatic rings. The van der Waals surface area contributed by atoms with Crippen molar-refractivity contribution in [2.24, 2.45) is 5.18 Å². The van der Waals surface area contributed by atoms with E-state index in [1.54, 1.807) is 0 Å². The van der Waals surface area contributed by atoms with Crippen molar-refractivity contribution in [3.63, 3.8) is 0 Å². The predicted molar refractivity (Wildman–Crippen MR) is 57.4 cm³/mol. The fourth-order valence-corrected chi connectivity index (χ4v) is 1.36. The van der Waals surface area contributed by atoms with Crippen molar-refractivity contribution in [2.75, 3.05) is 0 Å². The van der Waals surface area contributed by atoms with Crippen LogP contribution in [0.5, 0.6) is 0 Å². The molecule has 9 heteroatoms. The normalized spacial score (nSPS) is 9.68. The number of carbonyl (C=O) groups excluding carboxylic acids is 1. The molecule has 1 aromatic carbocycles. The van der Waals surface area contributed by atoms with Crippen LogP contribution in [-0.4, -0.2) is 39.1 Å². The summed E-state index contributed by atoms with van der Waals surface area (Å²) in [6.45, 7) is 0. The molecule has 0 radical (unpaired) electrons. The monoisotopic (exact) mass is 267 g/mol. The van der Waals surface area contributed by atoms with Crippen LogP contribution in [0, 0.1) is 4.91 Å². The van der Waals surface area contributed by atoms with Crippen molar-refractivity contribution >= 4 is 23.8 Å². The molecule has 0 bridgehead atoms. The van der Waals surface area contributed by atoms with Gasteiger partial charge in [0.25, 0.3) is 0 Å². The molecular formula is C10H5NO8. The summed E-state index contributed by atoms with van der Waals surface area (Å²) >= 11 is 0. The van der Waals surface area contributed by atoms with E-state index in [0.29, 0.717) is 12.1 Å². The Balaban J connectivity index is 3.74. The molecule has 0 aliphatic heterocycles. The summed E-state index contributed by atoms with van der Waals surface area (Å²) in [5.74, 6) is -6.56. The number of carboxylic acid groups (broad SMARTS) is 3. The van der Waals surface area contributed by atoms with Gasteiger partial charge in [-0.05, 0) is 12.1 Å². The Hall–Kier alpha value is -3.10. The van der Waals surface area contributed by atoms with E-state index < -0.39 is 46.1 Å². The quantitative estimate of drug-likeness (QED) is 0.671. The van der Waals surface area contributed by atoms with Gasteiger partial charge in [0.05, 0.1) is 22.3 Å². The number of hydrogen-bond acceptors (Lipinski definition) is 5. The SMILES string of the molecule is O=NC(=O)c1cc(C(=O)O)c(C(=O)O)cc1C(=O)O. The van der Waals surface area contributed by atoms with Gasteiger partial charge in [-0.25, -0.2) is 14.4 Å². The molecule has 3 N–H and O–H groups in total. The number of carbonyl (C=O) groups is 4. The largest absolute Gasteiger partial charge is 0.478 e. The Bertz CT molecular complexity index is 618.